The zero-order valence-electron chi connectivity index (χ0n) is 26.2. The van der Waals surface area contributed by atoms with Gasteiger partial charge in [-0.15, -0.1) is 0 Å². The number of carbonyl (C=O) groups is 5. The number of rotatable bonds is 10. The van der Waals surface area contributed by atoms with Gasteiger partial charge in [-0.1, -0.05) is 39.0 Å². The molecule has 2 aromatic carbocycles. The van der Waals surface area contributed by atoms with E-state index in [1.807, 2.05) is 10.3 Å². The maximum Gasteiger partial charge on any atom is 0.335 e. The van der Waals surface area contributed by atoms with Gasteiger partial charge in [0.05, 0.1) is 22.5 Å². The number of anilines is 1. The number of benzene rings is 2. The number of urea groups is 1. The van der Waals surface area contributed by atoms with E-state index in [2.05, 4.69) is 25.7 Å². The molecule has 4 rings (SSSR count). The van der Waals surface area contributed by atoms with Crippen molar-refractivity contribution in [1.82, 2.24) is 19.8 Å². The van der Waals surface area contributed by atoms with Crippen molar-refractivity contribution in [3.05, 3.63) is 116 Å². The van der Waals surface area contributed by atoms with Crippen LogP contribution in [0.2, 0.25) is 0 Å². The molecule has 4 amide bonds. The quantitative estimate of drug-likeness (QED) is 0.121. The maximum absolute atomic E-state index is 12.9. The third kappa shape index (κ3) is 8.46. The average molecular weight is 660 g/mol. The summed E-state index contributed by atoms with van der Waals surface area (Å²) < 4.78 is 0.762. The number of H-pyrrole nitrogens is 1. The predicted molar refractivity (Wildman–Crippen MR) is 175 cm³/mol. The number of aromatic carboxylic acids is 2. The van der Waals surface area contributed by atoms with Crippen LogP contribution in [0.5, 0.6) is 5.88 Å². The highest BCUT2D eigenvalue weighted by Gasteiger charge is 2.36. The molecular formula is C33H33N5O10. The number of carboxylic acid groups (broad SMARTS) is 2. The fourth-order valence-electron chi connectivity index (χ4n) is 4.38. The van der Waals surface area contributed by atoms with Crippen molar-refractivity contribution >= 4 is 41.5 Å². The first kappa shape index (κ1) is 36.1. The average Bonchev–Trinajstić information content (AvgIpc) is 3.05. The zero-order chi connectivity index (χ0) is 35.5. The second-order valence-electron chi connectivity index (χ2n) is 9.88. The highest BCUT2D eigenvalue weighted by molar-refractivity contribution is 6.37. The molecule has 0 unspecified atom stereocenters. The van der Waals surface area contributed by atoms with Crippen molar-refractivity contribution in [3.63, 3.8) is 0 Å². The van der Waals surface area contributed by atoms with Gasteiger partial charge < -0.3 is 20.2 Å². The zero-order valence-corrected chi connectivity index (χ0v) is 26.2. The minimum absolute atomic E-state index is 0.0298. The molecule has 0 saturated carbocycles. The number of barbiturate groups is 1. The van der Waals surface area contributed by atoms with Crippen molar-refractivity contribution in [2.45, 2.75) is 20.8 Å². The minimum Gasteiger partial charge on any atom is -0.494 e. The highest BCUT2D eigenvalue weighted by Crippen LogP contribution is 2.22. The Morgan fingerprint density at radius 3 is 1.77 bits per heavy atom. The minimum atomic E-state index is -1.21. The Hall–Kier alpha value is -6.35. The van der Waals surface area contributed by atoms with Crippen LogP contribution in [-0.2, 0) is 9.59 Å². The van der Waals surface area contributed by atoms with Crippen molar-refractivity contribution in [2.75, 3.05) is 24.5 Å². The lowest BCUT2D eigenvalue weighted by molar-refractivity contribution is -0.122. The van der Waals surface area contributed by atoms with Gasteiger partial charge in [0.1, 0.15) is 11.1 Å². The number of nitrogens with zero attached hydrogens (tertiary/aromatic N) is 3. The number of aromatic nitrogens is 2. The Labute approximate surface area is 273 Å². The summed E-state index contributed by atoms with van der Waals surface area (Å²) in [4.78, 5) is 89.2. The second-order valence-corrected chi connectivity index (χ2v) is 9.88. The number of hydrogen-bond donors (Lipinski definition) is 5. The first-order valence-corrected chi connectivity index (χ1v) is 14.6. The van der Waals surface area contributed by atoms with Crippen LogP contribution in [0, 0.1) is 0 Å². The molecule has 1 fully saturated rings. The third-order valence-electron chi connectivity index (χ3n) is 7.06. The Balaban J connectivity index is 0.000000804. The van der Waals surface area contributed by atoms with Crippen LogP contribution in [0.25, 0.3) is 11.8 Å². The molecule has 15 nitrogen and oxygen atoms in total. The molecule has 0 aliphatic carbocycles. The second kappa shape index (κ2) is 16.3. The van der Waals surface area contributed by atoms with Gasteiger partial charge in [-0.2, -0.15) is 0 Å². The lowest BCUT2D eigenvalue weighted by Crippen LogP contribution is -2.54. The van der Waals surface area contributed by atoms with E-state index in [0.29, 0.717) is 4.90 Å². The van der Waals surface area contributed by atoms with Crippen LogP contribution in [0.3, 0.4) is 0 Å². The van der Waals surface area contributed by atoms with E-state index in [1.54, 1.807) is 0 Å². The van der Waals surface area contributed by atoms with E-state index in [-0.39, 0.29) is 28.1 Å². The molecule has 1 aliphatic heterocycles. The number of carbonyl (C=O) groups excluding carboxylic acids is 3. The standard InChI is InChI=1S/C27H18N4O10.C6H15N/c32-20-18(22(34)30(26(40)28-20)16-10-6-14(7-11-16)24(36)37)4-2-1-3-5-19-21(33)29-27(41)31(23(19)35)17-12-8-15(9-13-17)25(38)39;1-4-7(5-2)6-3/h1-13,34H,(H,36,37)(H,38,39)(H,28,32,40)(H,29,33,41);4-6H2,1-3H3/b3-1+,4-2+,19-5+;. The summed E-state index contributed by atoms with van der Waals surface area (Å²) in [7, 11) is 0. The molecule has 250 valence electrons. The summed E-state index contributed by atoms with van der Waals surface area (Å²) in [5.74, 6) is -5.06. The van der Waals surface area contributed by atoms with E-state index in [9.17, 15) is 38.7 Å². The van der Waals surface area contributed by atoms with Gasteiger partial charge in [-0.3, -0.25) is 24.7 Å². The van der Waals surface area contributed by atoms with E-state index < -0.39 is 52.5 Å². The fraction of sp³-hybridized carbons (Fsp3) is 0.182. The molecule has 15 heteroatoms. The van der Waals surface area contributed by atoms with E-state index >= 15 is 0 Å². The lowest BCUT2D eigenvalue weighted by atomic mass is 10.1. The van der Waals surface area contributed by atoms with Crippen LogP contribution in [-0.4, -0.2) is 79.2 Å². The van der Waals surface area contributed by atoms with Crippen LogP contribution >= 0.6 is 0 Å². The SMILES string of the molecule is CCN(CC)CC.O=C1NC(=O)N(c2ccc(C(=O)O)cc2)C(=O)/C1=C/C=C/C=C/c1c(O)n(-c2ccc(C(=O)O)cc2)c(=O)[nH]c1=O. The van der Waals surface area contributed by atoms with E-state index in [0.717, 1.165) is 16.7 Å². The number of allylic oxidation sites excluding steroid dienone is 4. The largest absolute Gasteiger partial charge is 0.494 e. The van der Waals surface area contributed by atoms with Crippen molar-refractivity contribution < 1.29 is 39.3 Å². The third-order valence-corrected chi connectivity index (χ3v) is 7.06. The first-order chi connectivity index (χ1) is 22.8. The molecule has 1 aliphatic rings. The fourth-order valence-corrected chi connectivity index (χ4v) is 4.38. The number of aromatic amines is 1. The van der Waals surface area contributed by atoms with Gasteiger partial charge >= 0.3 is 23.7 Å². The summed E-state index contributed by atoms with van der Waals surface area (Å²) >= 11 is 0. The maximum atomic E-state index is 12.9. The molecule has 0 spiro atoms. The van der Waals surface area contributed by atoms with Crippen LogP contribution in [0.15, 0.2) is 88.0 Å². The first-order valence-electron chi connectivity index (χ1n) is 14.6. The van der Waals surface area contributed by atoms with Crippen LogP contribution in [0.4, 0.5) is 10.5 Å². The topological polar surface area (TPSA) is 219 Å². The monoisotopic (exact) mass is 659 g/mol. The number of imide groups is 2. The number of aromatic hydroxyl groups is 1. The Morgan fingerprint density at radius 1 is 0.771 bits per heavy atom. The number of carboxylic acids is 2. The van der Waals surface area contributed by atoms with Gasteiger partial charge in [0.15, 0.2) is 0 Å². The van der Waals surface area contributed by atoms with Crippen LogP contribution in [0.1, 0.15) is 47.1 Å². The van der Waals surface area contributed by atoms with Crippen molar-refractivity contribution in [1.29, 1.82) is 0 Å². The number of nitrogens with one attached hydrogen (secondary N) is 2. The molecule has 2 heterocycles. The Kier molecular flexibility index (Phi) is 12.3. The molecule has 0 radical (unpaired) electrons. The van der Waals surface area contributed by atoms with Gasteiger partial charge in [0.2, 0.25) is 5.88 Å². The molecule has 0 atom stereocenters. The molecular weight excluding hydrogens is 626 g/mol. The summed E-state index contributed by atoms with van der Waals surface area (Å²) in [5, 5.41) is 30.7. The molecule has 0 bridgehead atoms. The van der Waals surface area contributed by atoms with E-state index in [4.69, 9.17) is 10.2 Å². The lowest BCUT2D eigenvalue weighted by Gasteiger charge is -2.26. The predicted octanol–water partition coefficient (Wildman–Crippen LogP) is 2.75. The molecule has 5 N–H and O–H groups in total. The Bertz CT molecular complexity index is 1910. The van der Waals surface area contributed by atoms with Gasteiger partial charge in [-0.25, -0.2) is 28.6 Å². The van der Waals surface area contributed by atoms with Gasteiger partial charge in [0.25, 0.3) is 17.4 Å². The molecule has 1 aromatic heterocycles. The summed E-state index contributed by atoms with van der Waals surface area (Å²) in [6.45, 7) is 10.1. The number of hydrogen-bond acceptors (Lipinski definition) is 9. The highest BCUT2D eigenvalue weighted by atomic mass is 16.4. The Morgan fingerprint density at radius 2 is 1.29 bits per heavy atom. The smallest absolute Gasteiger partial charge is 0.335 e. The van der Waals surface area contributed by atoms with Crippen LogP contribution < -0.4 is 21.5 Å². The molecule has 48 heavy (non-hydrogen) atoms. The van der Waals surface area contributed by atoms with Gasteiger partial charge in [0, 0.05) is 0 Å². The number of amides is 4. The summed E-state index contributed by atoms with van der Waals surface area (Å²) in [6, 6.07) is 8.78. The van der Waals surface area contributed by atoms with Crippen molar-refractivity contribution in [3.8, 4) is 11.6 Å². The summed E-state index contributed by atoms with van der Waals surface area (Å²) in [5.41, 5.74) is -2.64. The van der Waals surface area contributed by atoms with E-state index in [1.165, 1.54) is 86.4 Å². The van der Waals surface area contributed by atoms with Gasteiger partial charge in [-0.05, 0) is 80.3 Å². The summed E-state index contributed by atoms with van der Waals surface area (Å²) in [6.07, 6.45) is 6.06. The van der Waals surface area contributed by atoms with Crippen molar-refractivity contribution in [2.24, 2.45) is 0 Å². The molecule has 1 saturated heterocycles. The normalized spacial score (nSPS) is 14.0. The molecule has 3 aromatic rings.